The minimum Gasteiger partial charge on any atom is -0.335 e. The normalized spacial score (nSPS) is 33.1. The van der Waals surface area contributed by atoms with Gasteiger partial charge in [-0.2, -0.15) is 4.31 Å². The average Bonchev–Trinajstić information content (AvgIpc) is 2.87. The predicted molar refractivity (Wildman–Crippen MR) is 125 cm³/mol. The van der Waals surface area contributed by atoms with Crippen molar-refractivity contribution in [1.82, 2.24) is 14.9 Å². The summed E-state index contributed by atoms with van der Waals surface area (Å²) in [6, 6.07) is 5.06. The average molecular weight is 480 g/mol. The first-order valence-corrected chi connectivity index (χ1v) is 13.9. The number of carbonyl (C=O) groups excluding carboxylic acids is 1. The number of sulfonamides is 1. The molecule has 5 rings (SSSR count). The van der Waals surface area contributed by atoms with Gasteiger partial charge in [-0.25, -0.2) is 13.2 Å². The molecule has 8 heteroatoms. The van der Waals surface area contributed by atoms with Crippen molar-refractivity contribution in [2.45, 2.75) is 81.2 Å². The second kappa shape index (κ2) is 8.48. The molecule has 4 unspecified atom stereocenters. The number of hydrogen-bond acceptors (Lipinski definition) is 3. The number of rotatable bonds is 4. The van der Waals surface area contributed by atoms with Gasteiger partial charge in [0.15, 0.2) is 0 Å². The fourth-order valence-electron chi connectivity index (χ4n) is 7.08. The SMILES string of the molecule is Cc1cccc(Cl)c1S(=O)(=O)N1CCC(NC(=O)NC23CC4CCCC(C2)C(C4)C3)CC1. The number of carbonyl (C=O) groups is 1. The van der Waals surface area contributed by atoms with Crippen LogP contribution >= 0.6 is 11.6 Å². The third kappa shape index (κ3) is 4.16. The summed E-state index contributed by atoms with van der Waals surface area (Å²) >= 11 is 6.22. The summed E-state index contributed by atoms with van der Waals surface area (Å²) in [5, 5.41) is 6.79. The quantitative estimate of drug-likeness (QED) is 0.669. The molecular formula is C24H34ClN3O3S. The molecule has 3 saturated carbocycles. The lowest BCUT2D eigenvalue weighted by atomic mass is 9.75. The summed E-state index contributed by atoms with van der Waals surface area (Å²) in [7, 11) is -3.64. The van der Waals surface area contributed by atoms with Crippen molar-refractivity contribution in [1.29, 1.82) is 0 Å². The summed E-state index contributed by atoms with van der Waals surface area (Å²) in [6.07, 6.45) is 9.96. The van der Waals surface area contributed by atoms with Crippen molar-refractivity contribution in [3.63, 3.8) is 0 Å². The lowest BCUT2D eigenvalue weighted by Gasteiger charge is -2.39. The summed E-state index contributed by atoms with van der Waals surface area (Å²) in [4.78, 5) is 13.1. The zero-order valence-electron chi connectivity index (χ0n) is 18.8. The second-order valence-electron chi connectivity index (χ2n) is 10.6. The highest BCUT2D eigenvalue weighted by atomic mass is 35.5. The molecule has 4 fully saturated rings. The minimum absolute atomic E-state index is 0.00881. The Hall–Kier alpha value is -1.31. The molecule has 32 heavy (non-hydrogen) atoms. The van der Waals surface area contributed by atoms with Gasteiger partial charge in [0, 0.05) is 24.7 Å². The highest BCUT2D eigenvalue weighted by Gasteiger charge is 2.52. The van der Waals surface area contributed by atoms with Crippen LogP contribution in [0.4, 0.5) is 4.79 Å². The molecule has 1 aromatic carbocycles. The number of nitrogens with zero attached hydrogens (tertiary/aromatic N) is 1. The van der Waals surface area contributed by atoms with E-state index in [1.54, 1.807) is 25.1 Å². The van der Waals surface area contributed by atoms with Crippen LogP contribution in [-0.4, -0.2) is 43.4 Å². The number of fused-ring (bicyclic) bond motifs is 2. The van der Waals surface area contributed by atoms with Gasteiger partial charge in [-0.05, 0) is 74.8 Å². The number of nitrogens with one attached hydrogen (secondary N) is 2. The molecule has 0 radical (unpaired) electrons. The van der Waals surface area contributed by atoms with Crippen LogP contribution in [0.5, 0.6) is 0 Å². The summed E-state index contributed by atoms with van der Waals surface area (Å²) in [6.45, 7) is 2.54. The molecule has 0 aromatic heterocycles. The van der Waals surface area contributed by atoms with Crippen molar-refractivity contribution in [3.05, 3.63) is 28.8 Å². The van der Waals surface area contributed by atoms with Gasteiger partial charge < -0.3 is 10.6 Å². The monoisotopic (exact) mass is 479 g/mol. The van der Waals surface area contributed by atoms with Gasteiger partial charge in [0.1, 0.15) is 4.90 Å². The van der Waals surface area contributed by atoms with E-state index < -0.39 is 10.0 Å². The molecule has 1 aliphatic heterocycles. The Morgan fingerprint density at radius 1 is 1.09 bits per heavy atom. The van der Waals surface area contributed by atoms with Gasteiger partial charge in [0.05, 0.1) is 5.02 Å². The summed E-state index contributed by atoms with van der Waals surface area (Å²) < 4.78 is 27.8. The smallest absolute Gasteiger partial charge is 0.315 e. The first-order valence-electron chi connectivity index (χ1n) is 12.1. The first-order chi connectivity index (χ1) is 15.3. The van der Waals surface area contributed by atoms with Crippen molar-refractivity contribution in [2.75, 3.05) is 13.1 Å². The van der Waals surface area contributed by atoms with Gasteiger partial charge in [-0.1, -0.05) is 43.0 Å². The number of benzene rings is 1. The molecule has 4 aliphatic rings. The van der Waals surface area contributed by atoms with E-state index in [4.69, 9.17) is 11.6 Å². The van der Waals surface area contributed by atoms with Gasteiger partial charge in [-0.3, -0.25) is 0 Å². The van der Waals surface area contributed by atoms with Gasteiger partial charge >= 0.3 is 6.03 Å². The highest BCUT2D eigenvalue weighted by molar-refractivity contribution is 7.89. The summed E-state index contributed by atoms with van der Waals surface area (Å²) in [5.41, 5.74) is 0.637. The summed E-state index contributed by atoms with van der Waals surface area (Å²) in [5.74, 6) is 2.34. The molecule has 4 atom stereocenters. The lowest BCUT2D eigenvalue weighted by Crippen LogP contribution is -2.56. The van der Waals surface area contributed by atoms with Gasteiger partial charge in [-0.15, -0.1) is 0 Å². The molecule has 176 valence electrons. The minimum atomic E-state index is -3.64. The Morgan fingerprint density at radius 3 is 2.59 bits per heavy atom. The van der Waals surface area contributed by atoms with Crippen LogP contribution in [0.25, 0.3) is 0 Å². The zero-order chi connectivity index (χ0) is 22.5. The Balaban J connectivity index is 1.17. The van der Waals surface area contributed by atoms with Crippen LogP contribution < -0.4 is 10.6 Å². The van der Waals surface area contributed by atoms with Crippen LogP contribution in [0.3, 0.4) is 0 Å². The first kappa shape index (κ1) is 22.5. The second-order valence-corrected chi connectivity index (χ2v) is 12.9. The maximum absolute atomic E-state index is 13.1. The molecule has 3 aliphatic carbocycles. The number of urea groups is 1. The van der Waals surface area contributed by atoms with Crippen molar-refractivity contribution in [2.24, 2.45) is 17.8 Å². The van der Waals surface area contributed by atoms with Crippen molar-refractivity contribution in [3.8, 4) is 0 Å². The predicted octanol–water partition coefficient (Wildman–Crippen LogP) is 4.46. The van der Waals surface area contributed by atoms with E-state index in [9.17, 15) is 13.2 Å². The van der Waals surface area contributed by atoms with Crippen molar-refractivity contribution < 1.29 is 13.2 Å². The van der Waals surface area contributed by atoms with E-state index in [-0.39, 0.29) is 27.5 Å². The topological polar surface area (TPSA) is 78.5 Å². The largest absolute Gasteiger partial charge is 0.335 e. The van der Waals surface area contributed by atoms with E-state index in [1.807, 2.05) is 0 Å². The fourth-order valence-corrected chi connectivity index (χ4v) is 9.34. The molecule has 1 heterocycles. The Kier molecular flexibility index (Phi) is 5.96. The molecule has 2 N–H and O–H groups in total. The van der Waals surface area contributed by atoms with E-state index in [0.717, 1.165) is 37.0 Å². The maximum Gasteiger partial charge on any atom is 0.315 e. The number of piperidine rings is 1. The Bertz CT molecular complexity index is 968. The molecule has 6 nitrogen and oxygen atoms in total. The van der Waals surface area contributed by atoms with E-state index >= 15 is 0 Å². The van der Waals surface area contributed by atoms with Gasteiger partial charge in [0.2, 0.25) is 10.0 Å². The van der Waals surface area contributed by atoms with Crippen LogP contribution in [0.1, 0.15) is 63.4 Å². The van der Waals surface area contributed by atoms with Crippen LogP contribution in [-0.2, 0) is 10.0 Å². The number of halogens is 1. The van der Waals surface area contributed by atoms with Crippen molar-refractivity contribution >= 4 is 27.7 Å². The van der Waals surface area contributed by atoms with E-state index in [1.165, 1.54) is 30.0 Å². The zero-order valence-corrected chi connectivity index (χ0v) is 20.4. The molecule has 1 aromatic rings. The fraction of sp³-hybridized carbons (Fsp3) is 0.708. The molecule has 3 bridgehead atoms. The van der Waals surface area contributed by atoms with Crippen LogP contribution in [0.2, 0.25) is 5.02 Å². The Labute approximate surface area is 196 Å². The lowest BCUT2D eigenvalue weighted by molar-refractivity contribution is 0.173. The third-order valence-electron chi connectivity index (χ3n) is 8.40. The maximum atomic E-state index is 13.1. The molecular weight excluding hydrogens is 446 g/mol. The number of aryl methyl sites for hydroxylation is 1. The molecule has 1 saturated heterocycles. The third-order valence-corrected chi connectivity index (χ3v) is 10.9. The van der Waals surface area contributed by atoms with Crippen LogP contribution in [0, 0.1) is 24.7 Å². The standard InChI is InChI=1S/C24H34ClN3O3S/c1-16-4-2-7-21(25)22(16)32(30,31)28-10-8-20(9-11-28)26-23(29)27-24-13-17-5-3-6-18(14-24)19(12-17)15-24/h2,4,7,17-20H,3,5-6,8-15H2,1H3,(H2,26,27,29). The highest BCUT2D eigenvalue weighted by Crippen LogP contribution is 2.55. The van der Waals surface area contributed by atoms with Crippen LogP contribution in [0.15, 0.2) is 23.1 Å². The number of amides is 2. The van der Waals surface area contributed by atoms with Gasteiger partial charge in [0.25, 0.3) is 0 Å². The van der Waals surface area contributed by atoms with E-state index in [0.29, 0.717) is 31.5 Å². The number of hydrogen-bond donors (Lipinski definition) is 2. The van der Waals surface area contributed by atoms with E-state index in [2.05, 4.69) is 10.6 Å². The molecule has 2 amide bonds. The molecule has 0 spiro atoms. The Morgan fingerprint density at radius 2 is 1.84 bits per heavy atom.